The number of amides is 2. The van der Waals surface area contributed by atoms with Gasteiger partial charge in [-0.1, -0.05) is 12.2 Å². The van der Waals surface area contributed by atoms with Crippen molar-refractivity contribution in [3.8, 4) is 0 Å². The van der Waals surface area contributed by atoms with Gasteiger partial charge in [0.15, 0.2) is 0 Å². The topological polar surface area (TPSA) is 60.9 Å². The standard InChI is InChI=1S/C12H18N2O3S/c1-13-8-7-18-9(5-3-4-6-10(15)16)11(8)14(2)12(13)17/h3,5,8-9,11H,4,6-7H2,1-2H3,(H,15,16)/b5-3+/t8-,9-,11-/m0/s1. The van der Waals surface area contributed by atoms with E-state index in [0.29, 0.717) is 6.42 Å². The number of nitrogens with zero attached hydrogens (tertiary/aromatic N) is 2. The quantitative estimate of drug-likeness (QED) is 0.617. The molecule has 2 amide bonds. The number of carbonyl (C=O) groups is 2. The van der Waals surface area contributed by atoms with Crippen molar-refractivity contribution in [2.45, 2.75) is 30.2 Å². The fraction of sp³-hybridized carbons (Fsp3) is 0.667. The second-order valence-corrected chi connectivity index (χ2v) is 5.93. The van der Waals surface area contributed by atoms with Crippen LogP contribution in [-0.2, 0) is 4.79 Å². The van der Waals surface area contributed by atoms with E-state index in [4.69, 9.17) is 5.11 Å². The lowest BCUT2D eigenvalue weighted by atomic mass is 10.1. The number of carboxylic acids is 1. The molecule has 5 nitrogen and oxygen atoms in total. The Morgan fingerprint density at radius 3 is 2.89 bits per heavy atom. The van der Waals surface area contributed by atoms with Gasteiger partial charge in [0.05, 0.1) is 12.1 Å². The molecule has 2 fully saturated rings. The lowest BCUT2D eigenvalue weighted by Gasteiger charge is -2.21. The van der Waals surface area contributed by atoms with Gasteiger partial charge < -0.3 is 14.9 Å². The van der Waals surface area contributed by atoms with Gasteiger partial charge in [-0.05, 0) is 6.42 Å². The molecule has 0 bridgehead atoms. The molecule has 0 unspecified atom stereocenters. The highest BCUT2D eigenvalue weighted by Gasteiger charge is 2.49. The van der Waals surface area contributed by atoms with Crippen LogP contribution in [0.15, 0.2) is 12.2 Å². The van der Waals surface area contributed by atoms with Crippen molar-refractivity contribution in [1.29, 1.82) is 0 Å². The van der Waals surface area contributed by atoms with Crippen LogP contribution in [0.3, 0.4) is 0 Å². The van der Waals surface area contributed by atoms with Crippen LogP contribution in [0.25, 0.3) is 0 Å². The number of likely N-dealkylation sites (N-methyl/N-ethyl adjacent to an activating group) is 2. The molecule has 2 aliphatic rings. The monoisotopic (exact) mass is 270 g/mol. The minimum absolute atomic E-state index is 0.0780. The van der Waals surface area contributed by atoms with E-state index >= 15 is 0 Å². The summed E-state index contributed by atoms with van der Waals surface area (Å²) in [5, 5.41) is 8.85. The van der Waals surface area contributed by atoms with E-state index in [1.807, 2.05) is 36.8 Å². The van der Waals surface area contributed by atoms with E-state index in [0.717, 1.165) is 5.75 Å². The largest absolute Gasteiger partial charge is 0.481 e. The predicted molar refractivity (Wildman–Crippen MR) is 70.8 cm³/mol. The lowest BCUT2D eigenvalue weighted by Crippen LogP contribution is -2.37. The van der Waals surface area contributed by atoms with Gasteiger partial charge in [-0.3, -0.25) is 4.79 Å². The van der Waals surface area contributed by atoms with E-state index in [1.54, 1.807) is 4.90 Å². The molecule has 1 N–H and O–H groups in total. The highest BCUT2D eigenvalue weighted by molar-refractivity contribution is 8.00. The minimum Gasteiger partial charge on any atom is -0.481 e. The number of urea groups is 1. The third-order valence-corrected chi connectivity index (χ3v) is 4.94. The van der Waals surface area contributed by atoms with Gasteiger partial charge >= 0.3 is 12.0 Å². The summed E-state index contributed by atoms with van der Waals surface area (Å²) < 4.78 is 0. The fourth-order valence-corrected chi connectivity index (χ4v) is 4.19. The molecule has 0 aliphatic carbocycles. The van der Waals surface area contributed by atoms with Crippen LogP contribution in [0.4, 0.5) is 4.79 Å². The number of allylic oxidation sites excluding steroid dienone is 1. The average molecular weight is 270 g/mol. The molecule has 0 aromatic heterocycles. The van der Waals surface area contributed by atoms with E-state index in [1.165, 1.54) is 0 Å². The fourth-order valence-electron chi connectivity index (χ4n) is 2.57. The third kappa shape index (κ3) is 2.34. The molecular weight excluding hydrogens is 252 g/mol. The first kappa shape index (κ1) is 13.3. The molecule has 2 rings (SSSR count). The second-order valence-electron chi connectivity index (χ2n) is 4.72. The number of rotatable bonds is 4. The smallest absolute Gasteiger partial charge is 0.320 e. The molecule has 0 saturated carbocycles. The zero-order valence-electron chi connectivity index (χ0n) is 10.6. The van der Waals surface area contributed by atoms with Crippen molar-refractivity contribution in [2.75, 3.05) is 19.8 Å². The maximum Gasteiger partial charge on any atom is 0.320 e. The van der Waals surface area contributed by atoms with Crippen LogP contribution >= 0.6 is 11.8 Å². The normalized spacial score (nSPS) is 31.4. The van der Waals surface area contributed by atoms with Gasteiger partial charge in [-0.25, -0.2) is 4.79 Å². The van der Waals surface area contributed by atoms with E-state index in [2.05, 4.69) is 6.08 Å². The zero-order chi connectivity index (χ0) is 13.3. The van der Waals surface area contributed by atoms with Gasteiger partial charge in [0.2, 0.25) is 0 Å². The third-order valence-electron chi connectivity index (χ3n) is 3.59. The minimum atomic E-state index is -0.774. The maximum absolute atomic E-state index is 11.8. The van der Waals surface area contributed by atoms with Crippen molar-refractivity contribution in [2.24, 2.45) is 0 Å². The average Bonchev–Trinajstić information content (AvgIpc) is 2.82. The SMILES string of the molecule is CN1C(=O)N(C)[C@H]2CS[C@@H](/C=C/CCC(=O)O)[C@H]21. The summed E-state index contributed by atoms with van der Waals surface area (Å²) >= 11 is 1.83. The number of aliphatic carboxylic acids is 1. The van der Waals surface area contributed by atoms with Crippen LogP contribution < -0.4 is 0 Å². The Bertz CT molecular complexity index is 386. The van der Waals surface area contributed by atoms with Crippen LogP contribution in [0.2, 0.25) is 0 Å². The number of fused-ring (bicyclic) bond motifs is 1. The highest BCUT2D eigenvalue weighted by Crippen LogP contribution is 2.38. The Kier molecular flexibility index (Phi) is 3.85. The molecule has 0 aromatic carbocycles. The zero-order valence-corrected chi connectivity index (χ0v) is 11.4. The van der Waals surface area contributed by atoms with E-state index < -0.39 is 5.97 Å². The Balaban J connectivity index is 1.96. The molecule has 3 atom stereocenters. The summed E-state index contributed by atoms with van der Waals surface area (Å²) in [4.78, 5) is 25.9. The molecule has 6 heteroatoms. The van der Waals surface area contributed by atoms with Crippen LogP contribution in [0.5, 0.6) is 0 Å². The highest BCUT2D eigenvalue weighted by atomic mass is 32.2. The van der Waals surface area contributed by atoms with Crippen LogP contribution in [0.1, 0.15) is 12.8 Å². The van der Waals surface area contributed by atoms with Gasteiger partial charge in [-0.15, -0.1) is 11.8 Å². The van der Waals surface area contributed by atoms with Gasteiger partial charge in [0.25, 0.3) is 0 Å². The molecule has 2 aliphatic heterocycles. The molecule has 2 saturated heterocycles. The van der Waals surface area contributed by atoms with Gasteiger partial charge in [0.1, 0.15) is 0 Å². The first-order valence-electron chi connectivity index (χ1n) is 6.02. The molecule has 100 valence electrons. The molecule has 18 heavy (non-hydrogen) atoms. The number of hydrogen-bond donors (Lipinski definition) is 1. The summed E-state index contributed by atoms with van der Waals surface area (Å²) in [7, 11) is 3.69. The first-order chi connectivity index (χ1) is 8.52. The molecule has 0 aromatic rings. The summed E-state index contributed by atoms with van der Waals surface area (Å²) in [6.07, 6.45) is 4.69. The molecule has 0 radical (unpaired) electrons. The van der Waals surface area contributed by atoms with Crippen molar-refractivity contribution in [3.05, 3.63) is 12.2 Å². The Morgan fingerprint density at radius 2 is 2.22 bits per heavy atom. The molecule has 0 spiro atoms. The maximum atomic E-state index is 11.8. The Morgan fingerprint density at radius 1 is 1.50 bits per heavy atom. The van der Waals surface area contributed by atoms with Gasteiger partial charge in [-0.2, -0.15) is 0 Å². The second kappa shape index (κ2) is 5.22. The van der Waals surface area contributed by atoms with E-state index in [9.17, 15) is 9.59 Å². The number of hydrogen-bond acceptors (Lipinski definition) is 3. The lowest BCUT2D eigenvalue weighted by molar-refractivity contribution is -0.136. The Hall–Kier alpha value is -1.17. The van der Waals surface area contributed by atoms with Crippen LogP contribution in [-0.4, -0.2) is 64.1 Å². The first-order valence-corrected chi connectivity index (χ1v) is 7.07. The molecule has 2 heterocycles. The van der Waals surface area contributed by atoms with Crippen molar-refractivity contribution in [3.63, 3.8) is 0 Å². The van der Waals surface area contributed by atoms with Crippen LogP contribution in [0, 0.1) is 0 Å². The number of thioether (sulfide) groups is 1. The van der Waals surface area contributed by atoms with Crippen molar-refractivity contribution >= 4 is 23.8 Å². The van der Waals surface area contributed by atoms with Gasteiger partial charge in [0, 0.05) is 31.5 Å². The summed E-state index contributed by atoms with van der Waals surface area (Å²) in [6.45, 7) is 0. The Labute approximate surface area is 111 Å². The van der Waals surface area contributed by atoms with Crippen molar-refractivity contribution < 1.29 is 14.7 Å². The van der Waals surface area contributed by atoms with Crippen molar-refractivity contribution in [1.82, 2.24) is 9.80 Å². The number of carbonyl (C=O) groups excluding carboxylic acids is 1. The molecular formula is C12H18N2O3S. The summed E-state index contributed by atoms with van der Waals surface area (Å²) in [6, 6.07) is 0.574. The summed E-state index contributed by atoms with van der Waals surface area (Å²) in [5.41, 5.74) is 0. The summed E-state index contributed by atoms with van der Waals surface area (Å²) in [5.74, 6) is 0.176. The van der Waals surface area contributed by atoms with E-state index in [-0.39, 0.29) is 29.8 Å². The number of carboxylic acid groups (broad SMARTS) is 1. The predicted octanol–water partition coefficient (Wildman–Crippen LogP) is 1.26.